The smallest absolute Gasteiger partial charge is 0.407 e. The molecule has 57 heavy (non-hydrogen) atoms. The molecular formula is C46H56N4O6S. The topological polar surface area (TPSA) is 135 Å². The molecule has 0 aliphatic carbocycles. The van der Waals surface area contributed by atoms with Crippen molar-refractivity contribution in [3.8, 4) is 0 Å². The number of amides is 3. The van der Waals surface area contributed by atoms with Gasteiger partial charge in [0.25, 0.3) is 0 Å². The van der Waals surface area contributed by atoms with Crippen LogP contribution in [0.25, 0.3) is 0 Å². The summed E-state index contributed by atoms with van der Waals surface area (Å²) < 4.78 is 10.9. The number of cyclic esters (lactones) is 1. The quantitative estimate of drug-likeness (QED) is 0.0477. The summed E-state index contributed by atoms with van der Waals surface area (Å²) in [6.45, 7) is 9.73. The van der Waals surface area contributed by atoms with Crippen LogP contribution in [0.3, 0.4) is 0 Å². The van der Waals surface area contributed by atoms with Crippen molar-refractivity contribution in [2.24, 2.45) is 5.92 Å². The fraction of sp³-hybridized carbons (Fsp3) is 0.391. The predicted octanol–water partition coefficient (Wildman–Crippen LogP) is 6.38. The second-order valence-electron chi connectivity index (χ2n) is 15.6. The van der Waals surface area contributed by atoms with E-state index in [2.05, 4.69) is 57.7 Å². The van der Waals surface area contributed by atoms with E-state index in [1.165, 1.54) is 0 Å². The fourth-order valence-electron chi connectivity index (χ4n) is 7.38. The summed E-state index contributed by atoms with van der Waals surface area (Å²) in [5, 5.41) is 11.8. The fourth-order valence-corrected chi connectivity index (χ4v) is 8.01. The monoisotopic (exact) mass is 792 g/mol. The van der Waals surface area contributed by atoms with Gasteiger partial charge in [0.15, 0.2) is 0 Å². The van der Waals surface area contributed by atoms with Crippen molar-refractivity contribution in [1.29, 1.82) is 0 Å². The van der Waals surface area contributed by atoms with E-state index in [1.807, 2.05) is 98.8 Å². The van der Waals surface area contributed by atoms with Crippen molar-refractivity contribution in [2.45, 2.75) is 94.3 Å². The minimum Gasteiger partial charge on any atom is -0.464 e. The Morgan fingerprint density at radius 3 is 1.75 bits per heavy atom. The third-order valence-corrected chi connectivity index (χ3v) is 11.2. The van der Waals surface area contributed by atoms with E-state index < -0.39 is 58.4 Å². The van der Waals surface area contributed by atoms with Gasteiger partial charge in [-0.25, -0.2) is 9.59 Å². The first-order valence-corrected chi connectivity index (χ1v) is 20.2. The van der Waals surface area contributed by atoms with Gasteiger partial charge in [-0.05, 0) is 48.9 Å². The first kappa shape index (κ1) is 43.0. The zero-order valence-corrected chi connectivity index (χ0v) is 34.3. The lowest BCUT2D eigenvalue weighted by Gasteiger charge is -2.44. The average Bonchev–Trinajstić information content (AvgIpc) is 3.61. The molecule has 0 aromatic heterocycles. The van der Waals surface area contributed by atoms with Crippen molar-refractivity contribution < 1.29 is 28.7 Å². The number of carbonyl (C=O) groups excluding carboxylic acids is 4. The van der Waals surface area contributed by atoms with Gasteiger partial charge in [0, 0.05) is 24.6 Å². The number of alkyl carbamates (subject to hydrolysis) is 1. The zero-order chi connectivity index (χ0) is 41.0. The number of benzene rings is 4. The Labute approximate surface area is 342 Å². The van der Waals surface area contributed by atoms with Gasteiger partial charge in [-0.15, -0.1) is 0 Å². The van der Waals surface area contributed by atoms with Crippen LogP contribution in [0.15, 0.2) is 121 Å². The van der Waals surface area contributed by atoms with Gasteiger partial charge < -0.3 is 30.7 Å². The maximum absolute atomic E-state index is 14.4. The summed E-state index contributed by atoms with van der Waals surface area (Å²) in [6, 6.07) is 36.4. The molecule has 1 aliphatic rings. The van der Waals surface area contributed by atoms with Crippen LogP contribution in [0.2, 0.25) is 0 Å². The number of ether oxygens (including phenoxy) is 2. The molecule has 4 aromatic carbocycles. The first-order chi connectivity index (χ1) is 27.3. The second kappa shape index (κ2) is 19.8. The molecule has 1 aliphatic heterocycles. The van der Waals surface area contributed by atoms with Gasteiger partial charge in [0.1, 0.15) is 17.7 Å². The van der Waals surface area contributed by atoms with Gasteiger partial charge in [0.05, 0.1) is 24.1 Å². The van der Waals surface area contributed by atoms with Gasteiger partial charge >= 0.3 is 12.1 Å². The molecule has 1 heterocycles. The van der Waals surface area contributed by atoms with Crippen molar-refractivity contribution in [2.75, 3.05) is 13.2 Å². The number of hydrogen-bond acceptors (Lipinski definition) is 8. The van der Waals surface area contributed by atoms with Crippen molar-refractivity contribution >= 4 is 36.5 Å². The van der Waals surface area contributed by atoms with E-state index in [0.717, 1.165) is 22.3 Å². The largest absolute Gasteiger partial charge is 0.464 e. The summed E-state index contributed by atoms with van der Waals surface area (Å²) in [5.74, 6) is -1.54. The van der Waals surface area contributed by atoms with E-state index >= 15 is 0 Å². The highest BCUT2D eigenvalue weighted by Gasteiger charge is 2.46. The highest BCUT2D eigenvalue weighted by molar-refractivity contribution is 7.81. The molecule has 1 saturated heterocycles. The lowest BCUT2D eigenvalue weighted by atomic mass is 9.65. The van der Waals surface area contributed by atoms with Crippen LogP contribution in [0.4, 0.5) is 4.79 Å². The highest BCUT2D eigenvalue weighted by Crippen LogP contribution is 2.45. The van der Waals surface area contributed by atoms with E-state index in [-0.39, 0.29) is 31.4 Å². The molecule has 0 radical (unpaired) electrons. The Bertz CT molecular complexity index is 1810. The normalized spacial score (nSPS) is 16.9. The molecule has 3 amide bonds. The lowest BCUT2D eigenvalue weighted by Crippen LogP contribution is -2.60. The third kappa shape index (κ3) is 11.0. The summed E-state index contributed by atoms with van der Waals surface area (Å²) in [4.78, 5) is 54.1. The maximum Gasteiger partial charge on any atom is 0.407 e. The molecule has 0 saturated carbocycles. The van der Waals surface area contributed by atoms with Crippen molar-refractivity contribution in [3.05, 3.63) is 144 Å². The number of rotatable bonds is 17. The minimum absolute atomic E-state index is 0.119. The Kier molecular flexibility index (Phi) is 15.0. The van der Waals surface area contributed by atoms with Crippen LogP contribution in [0.5, 0.6) is 0 Å². The van der Waals surface area contributed by atoms with Gasteiger partial charge in [-0.1, -0.05) is 142 Å². The lowest BCUT2D eigenvalue weighted by molar-refractivity contribution is -0.141. The molecular weight excluding hydrogens is 737 g/mol. The SMILES string of the molecule is CC[C@H](C)[C@H](NC[C@@H](NC(=O)OC(C)(C)C)C(S)C(c1ccccc1)(c1ccccc1)c1ccccc1)C(=O)N[C@@H](Cc1ccccc1)C(=O)N[C@H]1CCOC1=O. The van der Waals surface area contributed by atoms with Gasteiger partial charge in [-0.2, -0.15) is 12.6 Å². The molecule has 5 rings (SSSR count). The van der Waals surface area contributed by atoms with Gasteiger partial charge in [0.2, 0.25) is 11.8 Å². The highest BCUT2D eigenvalue weighted by atomic mass is 32.1. The standard InChI is InChI=1S/C46H56N4O6S/c1-6-31(2)39(42(52)49-37(29-32-19-11-7-12-20-32)41(51)48-36-27-28-55-43(36)53)47-30-38(50-44(54)56-45(3,4)5)40(57)46(33-21-13-8-14-22-33,34-23-15-9-16-24-34)35-25-17-10-18-26-35/h7-26,31,36-40,47,57H,6,27-30H2,1-5H3,(H,48,51)(H,49,52)(H,50,54)/t31-,36-,37-,38+,39-,40?/m0/s1. The molecule has 0 spiro atoms. The van der Waals surface area contributed by atoms with Crippen LogP contribution in [-0.4, -0.2) is 72.0 Å². The number of thiol groups is 1. The third-order valence-electron chi connectivity index (χ3n) is 10.4. The van der Waals surface area contributed by atoms with E-state index in [9.17, 15) is 19.2 Å². The average molecular weight is 793 g/mol. The number of esters is 1. The Balaban J connectivity index is 1.51. The second-order valence-corrected chi connectivity index (χ2v) is 16.2. The Morgan fingerprint density at radius 1 is 0.789 bits per heavy atom. The number of carbonyl (C=O) groups is 4. The number of nitrogens with one attached hydrogen (secondary N) is 4. The van der Waals surface area contributed by atoms with Crippen LogP contribution >= 0.6 is 12.6 Å². The molecule has 4 N–H and O–H groups in total. The van der Waals surface area contributed by atoms with E-state index in [1.54, 1.807) is 20.8 Å². The Hall–Kier alpha value is -5.13. The van der Waals surface area contributed by atoms with Gasteiger partial charge in [-0.3, -0.25) is 9.59 Å². The number of hydrogen-bond donors (Lipinski definition) is 5. The zero-order valence-electron chi connectivity index (χ0n) is 33.4. The molecule has 10 nitrogen and oxygen atoms in total. The summed E-state index contributed by atoms with van der Waals surface area (Å²) >= 11 is 5.45. The summed E-state index contributed by atoms with van der Waals surface area (Å²) in [7, 11) is 0. The van der Waals surface area contributed by atoms with Crippen LogP contribution < -0.4 is 21.3 Å². The minimum atomic E-state index is -0.975. The van der Waals surface area contributed by atoms with E-state index in [4.69, 9.17) is 22.1 Å². The summed E-state index contributed by atoms with van der Waals surface area (Å²) in [6.07, 6.45) is 0.598. The summed E-state index contributed by atoms with van der Waals surface area (Å²) in [5.41, 5.74) is 2.09. The van der Waals surface area contributed by atoms with Crippen LogP contribution in [0.1, 0.15) is 69.7 Å². The molecule has 1 fully saturated rings. The molecule has 11 heteroatoms. The maximum atomic E-state index is 14.4. The Morgan fingerprint density at radius 2 is 1.30 bits per heavy atom. The van der Waals surface area contributed by atoms with E-state index in [0.29, 0.717) is 12.8 Å². The first-order valence-electron chi connectivity index (χ1n) is 19.7. The molecule has 6 atom stereocenters. The van der Waals surface area contributed by atoms with Crippen molar-refractivity contribution in [1.82, 2.24) is 21.3 Å². The molecule has 302 valence electrons. The molecule has 1 unspecified atom stereocenters. The van der Waals surface area contributed by atoms with Crippen molar-refractivity contribution in [3.63, 3.8) is 0 Å². The van der Waals surface area contributed by atoms with Crippen LogP contribution in [0, 0.1) is 5.92 Å². The molecule has 4 aromatic rings. The van der Waals surface area contributed by atoms with Crippen LogP contribution in [-0.2, 0) is 35.7 Å². The molecule has 0 bridgehead atoms. The predicted molar refractivity (Wildman–Crippen MR) is 226 cm³/mol.